The van der Waals surface area contributed by atoms with Crippen LogP contribution in [0.2, 0.25) is 0 Å². The van der Waals surface area contributed by atoms with E-state index >= 15 is 0 Å². The minimum atomic E-state index is 0.00890. The van der Waals surface area contributed by atoms with Gasteiger partial charge in [0.2, 0.25) is 0 Å². The third kappa shape index (κ3) is 5.24. The van der Waals surface area contributed by atoms with Crippen molar-refractivity contribution in [3.05, 3.63) is 35.4 Å². The molecular weight excluding hydrogens is 312 g/mol. The molecule has 1 aliphatic heterocycles. The largest absolute Gasteiger partial charge is 0.492 e. The van der Waals surface area contributed by atoms with Crippen LogP contribution in [0.3, 0.4) is 0 Å². The zero-order valence-electron chi connectivity index (χ0n) is 16.8. The number of allylic oxidation sites excluding steroid dienone is 1. The predicted octanol–water partition coefficient (Wildman–Crippen LogP) is 5.67. The van der Waals surface area contributed by atoms with Crippen molar-refractivity contribution in [1.29, 1.82) is 0 Å². The van der Waals surface area contributed by atoms with Gasteiger partial charge in [-0.2, -0.15) is 0 Å². The molecule has 0 aliphatic carbocycles. The smallest absolute Gasteiger partial charge is 0.126 e. The van der Waals surface area contributed by atoms with E-state index in [0.717, 1.165) is 43.8 Å². The highest BCUT2D eigenvalue weighted by atomic mass is 16.5. The molecule has 1 heterocycles. The fourth-order valence-electron chi connectivity index (χ4n) is 3.15. The summed E-state index contributed by atoms with van der Waals surface area (Å²) in [5.41, 5.74) is 2.74. The van der Waals surface area contributed by atoms with Crippen molar-refractivity contribution in [2.45, 2.75) is 71.3 Å². The van der Waals surface area contributed by atoms with Gasteiger partial charge in [-0.1, -0.05) is 32.4 Å². The SMILES string of the molecule is CCC(C)(CCCC(C)=CCOc1ccc2c(c1)OCC2(C)C)OC. The molecule has 0 bridgehead atoms. The minimum absolute atomic E-state index is 0.00890. The molecule has 1 aromatic rings. The van der Waals surface area contributed by atoms with Crippen LogP contribution in [0.5, 0.6) is 11.5 Å². The standard InChI is InChI=1S/C22H34O3/c1-7-22(5,23-6)13-8-9-17(2)12-14-24-18-10-11-19-20(15-18)25-16-21(19,3)4/h10-12,15H,7-9,13-14,16H2,1-6H3. The van der Waals surface area contributed by atoms with Crippen LogP contribution >= 0.6 is 0 Å². The first-order valence-electron chi connectivity index (χ1n) is 9.40. The molecule has 0 aromatic heterocycles. The molecule has 1 unspecified atom stereocenters. The Kier molecular flexibility index (Phi) is 6.56. The highest BCUT2D eigenvalue weighted by Gasteiger charge is 2.31. The Hall–Kier alpha value is -1.48. The number of fused-ring (bicyclic) bond motifs is 1. The van der Waals surface area contributed by atoms with Crippen LogP contribution in [-0.2, 0) is 10.2 Å². The van der Waals surface area contributed by atoms with E-state index in [-0.39, 0.29) is 11.0 Å². The summed E-state index contributed by atoms with van der Waals surface area (Å²) in [5.74, 6) is 1.83. The first kappa shape index (κ1) is 19.8. The Bertz CT molecular complexity index is 597. The second-order valence-corrected chi connectivity index (χ2v) is 8.05. The number of methoxy groups -OCH3 is 1. The van der Waals surface area contributed by atoms with Gasteiger partial charge in [0, 0.05) is 24.2 Å². The van der Waals surface area contributed by atoms with Crippen molar-refractivity contribution in [1.82, 2.24) is 0 Å². The summed E-state index contributed by atoms with van der Waals surface area (Å²) < 4.78 is 17.3. The van der Waals surface area contributed by atoms with E-state index in [0.29, 0.717) is 6.61 Å². The molecule has 0 amide bonds. The van der Waals surface area contributed by atoms with Crippen molar-refractivity contribution >= 4 is 0 Å². The molecule has 0 spiro atoms. The van der Waals surface area contributed by atoms with E-state index in [1.165, 1.54) is 11.1 Å². The van der Waals surface area contributed by atoms with Crippen LogP contribution in [0.25, 0.3) is 0 Å². The zero-order valence-corrected chi connectivity index (χ0v) is 16.8. The number of rotatable bonds is 9. The van der Waals surface area contributed by atoms with E-state index in [2.05, 4.69) is 46.8 Å². The van der Waals surface area contributed by atoms with Crippen LogP contribution in [-0.4, -0.2) is 25.9 Å². The summed E-state index contributed by atoms with van der Waals surface area (Å²) in [6.07, 6.45) is 6.54. The van der Waals surface area contributed by atoms with Crippen molar-refractivity contribution in [2.75, 3.05) is 20.3 Å². The van der Waals surface area contributed by atoms with Crippen LogP contribution in [0.1, 0.15) is 65.9 Å². The van der Waals surface area contributed by atoms with Gasteiger partial charge in [-0.3, -0.25) is 0 Å². The summed E-state index contributed by atoms with van der Waals surface area (Å²) in [6.45, 7) is 12.3. The minimum Gasteiger partial charge on any atom is -0.492 e. The summed E-state index contributed by atoms with van der Waals surface area (Å²) >= 11 is 0. The van der Waals surface area contributed by atoms with E-state index < -0.39 is 0 Å². The van der Waals surface area contributed by atoms with Crippen molar-refractivity contribution in [3.63, 3.8) is 0 Å². The maximum Gasteiger partial charge on any atom is 0.126 e. The number of benzene rings is 1. The Morgan fingerprint density at radius 1 is 1.36 bits per heavy atom. The van der Waals surface area contributed by atoms with Gasteiger partial charge in [0.05, 0.1) is 12.2 Å². The topological polar surface area (TPSA) is 27.7 Å². The van der Waals surface area contributed by atoms with Gasteiger partial charge in [-0.05, 0) is 51.7 Å². The molecule has 0 fully saturated rings. The average molecular weight is 347 g/mol. The molecule has 1 atom stereocenters. The van der Waals surface area contributed by atoms with Crippen molar-refractivity contribution in [3.8, 4) is 11.5 Å². The molecule has 25 heavy (non-hydrogen) atoms. The molecule has 1 aliphatic rings. The van der Waals surface area contributed by atoms with Crippen LogP contribution in [0.15, 0.2) is 29.8 Å². The molecule has 2 rings (SSSR count). The van der Waals surface area contributed by atoms with Crippen molar-refractivity contribution in [2.24, 2.45) is 0 Å². The number of hydrogen-bond donors (Lipinski definition) is 0. The van der Waals surface area contributed by atoms with Crippen LogP contribution < -0.4 is 9.47 Å². The molecule has 140 valence electrons. The summed E-state index contributed by atoms with van der Waals surface area (Å²) in [4.78, 5) is 0. The van der Waals surface area contributed by atoms with Crippen molar-refractivity contribution < 1.29 is 14.2 Å². The molecule has 0 saturated carbocycles. The Labute approximate surface area is 153 Å². The lowest BCUT2D eigenvalue weighted by Crippen LogP contribution is -2.25. The summed E-state index contributed by atoms with van der Waals surface area (Å²) in [7, 11) is 1.81. The molecule has 0 N–H and O–H groups in total. The molecule has 0 radical (unpaired) electrons. The third-order valence-electron chi connectivity index (χ3n) is 5.47. The Morgan fingerprint density at radius 3 is 2.80 bits per heavy atom. The molecule has 3 heteroatoms. The van der Waals surface area contributed by atoms with E-state index in [1.54, 1.807) is 0 Å². The van der Waals surface area contributed by atoms with Gasteiger partial charge in [0.15, 0.2) is 0 Å². The maximum atomic E-state index is 5.88. The normalized spacial score (nSPS) is 18.4. The van der Waals surface area contributed by atoms with Gasteiger partial charge in [0.25, 0.3) is 0 Å². The first-order valence-corrected chi connectivity index (χ1v) is 9.40. The lowest BCUT2D eigenvalue weighted by molar-refractivity contribution is -0.00563. The number of hydrogen-bond acceptors (Lipinski definition) is 3. The van der Waals surface area contributed by atoms with E-state index in [9.17, 15) is 0 Å². The van der Waals surface area contributed by atoms with Crippen LogP contribution in [0, 0.1) is 0 Å². The molecular formula is C22H34O3. The quantitative estimate of drug-likeness (QED) is 0.539. The monoisotopic (exact) mass is 346 g/mol. The highest BCUT2D eigenvalue weighted by Crippen LogP contribution is 2.40. The first-order chi connectivity index (χ1) is 11.8. The van der Waals surface area contributed by atoms with E-state index in [1.807, 2.05) is 19.2 Å². The fraction of sp³-hybridized carbons (Fsp3) is 0.636. The molecule has 3 nitrogen and oxygen atoms in total. The number of ether oxygens (including phenoxy) is 3. The Balaban J connectivity index is 1.79. The second kappa shape index (κ2) is 8.27. The highest BCUT2D eigenvalue weighted by molar-refractivity contribution is 5.47. The summed E-state index contributed by atoms with van der Waals surface area (Å²) in [5, 5.41) is 0. The van der Waals surface area contributed by atoms with Gasteiger partial charge in [0.1, 0.15) is 18.1 Å². The maximum absolute atomic E-state index is 5.88. The van der Waals surface area contributed by atoms with Gasteiger partial charge in [-0.25, -0.2) is 0 Å². The van der Waals surface area contributed by atoms with E-state index in [4.69, 9.17) is 14.2 Å². The van der Waals surface area contributed by atoms with Gasteiger partial charge < -0.3 is 14.2 Å². The fourth-order valence-corrected chi connectivity index (χ4v) is 3.15. The molecule has 1 aromatic carbocycles. The Morgan fingerprint density at radius 2 is 2.12 bits per heavy atom. The third-order valence-corrected chi connectivity index (χ3v) is 5.47. The second-order valence-electron chi connectivity index (χ2n) is 8.05. The van der Waals surface area contributed by atoms with Gasteiger partial charge >= 0.3 is 0 Å². The average Bonchev–Trinajstić information content (AvgIpc) is 2.89. The van der Waals surface area contributed by atoms with Crippen LogP contribution in [0.4, 0.5) is 0 Å². The zero-order chi connectivity index (χ0) is 18.5. The lowest BCUT2D eigenvalue weighted by atomic mass is 9.87. The molecule has 0 saturated heterocycles. The summed E-state index contributed by atoms with van der Waals surface area (Å²) in [6, 6.07) is 6.19. The lowest BCUT2D eigenvalue weighted by Gasteiger charge is -2.26. The predicted molar refractivity (Wildman–Crippen MR) is 104 cm³/mol. The van der Waals surface area contributed by atoms with Gasteiger partial charge in [-0.15, -0.1) is 0 Å².